The van der Waals surface area contributed by atoms with E-state index in [0.717, 1.165) is 23.7 Å². The van der Waals surface area contributed by atoms with Crippen molar-refractivity contribution in [3.05, 3.63) is 36.0 Å². The van der Waals surface area contributed by atoms with Crippen molar-refractivity contribution in [3.8, 4) is 11.5 Å². The molecule has 7 heteroatoms. The van der Waals surface area contributed by atoms with Gasteiger partial charge in [-0.05, 0) is 13.0 Å². The molecule has 7 nitrogen and oxygen atoms in total. The number of ether oxygens (including phenoxy) is 2. The van der Waals surface area contributed by atoms with Crippen molar-refractivity contribution in [3.63, 3.8) is 0 Å². The molecule has 2 aromatic heterocycles. The number of rotatable bonds is 6. The first-order valence-electron chi connectivity index (χ1n) is 7.70. The first-order chi connectivity index (χ1) is 11.7. The van der Waals surface area contributed by atoms with Gasteiger partial charge in [0.25, 0.3) is 5.71 Å². The Balaban J connectivity index is 2.01. The maximum atomic E-state index is 5.52. The zero-order valence-corrected chi connectivity index (χ0v) is 14.2. The Bertz CT molecular complexity index is 847. The Kier molecular flexibility index (Phi) is 4.50. The topological polar surface area (TPSA) is 73.5 Å². The van der Waals surface area contributed by atoms with Crippen LogP contribution in [-0.2, 0) is 6.54 Å². The summed E-state index contributed by atoms with van der Waals surface area (Å²) in [5, 5.41) is 0. The van der Waals surface area contributed by atoms with Crippen molar-refractivity contribution in [2.24, 2.45) is 0 Å². The highest BCUT2D eigenvalue weighted by atomic mass is 16.5. The van der Waals surface area contributed by atoms with Crippen LogP contribution in [0.2, 0.25) is 0 Å². The van der Waals surface area contributed by atoms with Gasteiger partial charge < -0.3 is 18.8 Å². The summed E-state index contributed by atoms with van der Waals surface area (Å²) in [5.41, 5.74) is 2.16. The molecule has 0 aliphatic carbocycles. The molecule has 0 aliphatic rings. The number of hydrogen-bond donors (Lipinski definition) is 0. The Morgan fingerprint density at radius 1 is 1.17 bits per heavy atom. The standard InChI is InChI=1S/C17H20N4O3/c1-5-21(9-12-7-6-8-13(22-3)15(12)23-4)16-14-17(19-10-18-16)24-11(2)20-14/h6-8,10H,5,9H2,1-4H3. The lowest BCUT2D eigenvalue weighted by Gasteiger charge is -2.23. The third kappa shape index (κ3) is 2.84. The van der Waals surface area contributed by atoms with Crippen LogP contribution in [0.25, 0.3) is 11.2 Å². The molecule has 0 saturated heterocycles. The molecule has 1 aromatic carbocycles. The number of oxazole rings is 1. The molecule has 0 fully saturated rings. The van der Waals surface area contributed by atoms with E-state index in [0.29, 0.717) is 29.4 Å². The lowest BCUT2D eigenvalue weighted by atomic mass is 10.1. The van der Waals surface area contributed by atoms with Crippen molar-refractivity contribution in [1.29, 1.82) is 0 Å². The van der Waals surface area contributed by atoms with Gasteiger partial charge in [-0.25, -0.2) is 9.97 Å². The smallest absolute Gasteiger partial charge is 0.252 e. The lowest BCUT2D eigenvalue weighted by Crippen LogP contribution is -2.24. The Hall–Kier alpha value is -2.83. The highest BCUT2D eigenvalue weighted by Gasteiger charge is 2.18. The molecule has 0 unspecified atom stereocenters. The third-order valence-corrected chi connectivity index (χ3v) is 3.81. The molecule has 0 saturated carbocycles. The summed E-state index contributed by atoms with van der Waals surface area (Å²) in [6, 6.07) is 5.83. The summed E-state index contributed by atoms with van der Waals surface area (Å²) >= 11 is 0. The van der Waals surface area contributed by atoms with Crippen LogP contribution in [0.1, 0.15) is 18.4 Å². The van der Waals surface area contributed by atoms with Crippen LogP contribution in [0.4, 0.5) is 5.82 Å². The van der Waals surface area contributed by atoms with Gasteiger partial charge in [0.15, 0.2) is 28.7 Å². The number of hydrogen-bond acceptors (Lipinski definition) is 7. The average Bonchev–Trinajstić information content (AvgIpc) is 2.99. The van der Waals surface area contributed by atoms with Crippen LogP contribution in [0.3, 0.4) is 0 Å². The Morgan fingerprint density at radius 2 is 2.00 bits per heavy atom. The van der Waals surface area contributed by atoms with E-state index in [-0.39, 0.29) is 0 Å². The van der Waals surface area contributed by atoms with Gasteiger partial charge in [-0.2, -0.15) is 4.98 Å². The quantitative estimate of drug-likeness (QED) is 0.688. The van der Waals surface area contributed by atoms with Crippen molar-refractivity contribution in [2.45, 2.75) is 20.4 Å². The normalized spacial score (nSPS) is 10.8. The average molecular weight is 328 g/mol. The van der Waals surface area contributed by atoms with Crippen LogP contribution < -0.4 is 14.4 Å². The number of anilines is 1. The number of benzene rings is 1. The first kappa shape index (κ1) is 16.0. The molecule has 126 valence electrons. The van der Waals surface area contributed by atoms with Crippen molar-refractivity contribution in [1.82, 2.24) is 15.0 Å². The molecule has 0 radical (unpaired) electrons. The maximum absolute atomic E-state index is 5.52. The summed E-state index contributed by atoms with van der Waals surface area (Å²) in [4.78, 5) is 15.1. The SMILES string of the molecule is CCN(Cc1cccc(OC)c1OC)c1ncnc2oc(C)nc12. The second-order valence-corrected chi connectivity index (χ2v) is 5.25. The number of fused-ring (bicyclic) bond motifs is 1. The summed E-state index contributed by atoms with van der Waals surface area (Å²) in [6.07, 6.45) is 1.49. The van der Waals surface area contributed by atoms with E-state index in [1.54, 1.807) is 21.1 Å². The fraction of sp³-hybridized carbons (Fsp3) is 0.353. The zero-order valence-electron chi connectivity index (χ0n) is 14.2. The lowest BCUT2D eigenvalue weighted by molar-refractivity contribution is 0.351. The molecule has 2 heterocycles. The summed E-state index contributed by atoms with van der Waals surface area (Å²) < 4.78 is 16.4. The van der Waals surface area contributed by atoms with E-state index in [1.807, 2.05) is 18.2 Å². The largest absolute Gasteiger partial charge is 0.493 e. The highest BCUT2D eigenvalue weighted by molar-refractivity contribution is 5.81. The molecule has 0 spiro atoms. The fourth-order valence-electron chi connectivity index (χ4n) is 2.70. The predicted molar refractivity (Wildman–Crippen MR) is 90.6 cm³/mol. The zero-order chi connectivity index (χ0) is 17.1. The Labute approximate surface area is 140 Å². The number of aromatic nitrogens is 3. The molecule has 0 aliphatic heterocycles. The molecule has 3 aromatic rings. The number of methoxy groups -OCH3 is 2. The van der Waals surface area contributed by atoms with Gasteiger partial charge in [-0.15, -0.1) is 0 Å². The molecular weight excluding hydrogens is 308 g/mol. The predicted octanol–water partition coefficient (Wildman–Crippen LogP) is 2.97. The molecule has 0 N–H and O–H groups in total. The number of para-hydroxylation sites is 1. The minimum atomic E-state index is 0.494. The van der Waals surface area contributed by atoms with Gasteiger partial charge in [-0.3, -0.25) is 0 Å². The fourth-order valence-corrected chi connectivity index (χ4v) is 2.70. The van der Waals surface area contributed by atoms with E-state index in [2.05, 4.69) is 26.8 Å². The van der Waals surface area contributed by atoms with E-state index >= 15 is 0 Å². The van der Waals surface area contributed by atoms with Crippen molar-refractivity contribution in [2.75, 3.05) is 25.7 Å². The van der Waals surface area contributed by atoms with Crippen LogP contribution in [-0.4, -0.2) is 35.7 Å². The second kappa shape index (κ2) is 6.74. The van der Waals surface area contributed by atoms with Gasteiger partial charge in [0.2, 0.25) is 0 Å². The molecular formula is C17H20N4O3. The summed E-state index contributed by atoms with van der Waals surface area (Å²) in [6.45, 7) is 5.22. The van der Waals surface area contributed by atoms with E-state index in [1.165, 1.54) is 6.33 Å². The minimum Gasteiger partial charge on any atom is -0.493 e. The highest BCUT2D eigenvalue weighted by Crippen LogP contribution is 2.33. The van der Waals surface area contributed by atoms with Crippen molar-refractivity contribution < 1.29 is 13.9 Å². The number of aryl methyl sites for hydroxylation is 1. The van der Waals surface area contributed by atoms with Gasteiger partial charge in [0, 0.05) is 25.6 Å². The first-order valence-corrected chi connectivity index (χ1v) is 7.70. The van der Waals surface area contributed by atoms with Crippen LogP contribution in [0, 0.1) is 6.92 Å². The molecule has 3 rings (SSSR count). The van der Waals surface area contributed by atoms with Crippen LogP contribution >= 0.6 is 0 Å². The van der Waals surface area contributed by atoms with Crippen LogP contribution in [0.5, 0.6) is 11.5 Å². The van der Waals surface area contributed by atoms with Gasteiger partial charge >= 0.3 is 0 Å². The second-order valence-electron chi connectivity index (χ2n) is 5.25. The maximum Gasteiger partial charge on any atom is 0.252 e. The molecule has 24 heavy (non-hydrogen) atoms. The molecule has 0 amide bonds. The molecule has 0 bridgehead atoms. The van der Waals surface area contributed by atoms with Gasteiger partial charge in [0.1, 0.15) is 6.33 Å². The monoisotopic (exact) mass is 328 g/mol. The molecule has 0 atom stereocenters. The van der Waals surface area contributed by atoms with Gasteiger partial charge in [-0.1, -0.05) is 12.1 Å². The van der Waals surface area contributed by atoms with Crippen LogP contribution in [0.15, 0.2) is 28.9 Å². The number of nitrogens with zero attached hydrogens (tertiary/aromatic N) is 4. The minimum absolute atomic E-state index is 0.494. The van der Waals surface area contributed by atoms with Crippen molar-refractivity contribution >= 4 is 17.0 Å². The van der Waals surface area contributed by atoms with Gasteiger partial charge in [0.05, 0.1) is 14.2 Å². The summed E-state index contributed by atoms with van der Waals surface area (Å²) in [5.74, 6) is 2.74. The van der Waals surface area contributed by atoms with E-state index in [9.17, 15) is 0 Å². The van der Waals surface area contributed by atoms with E-state index < -0.39 is 0 Å². The van der Waals surface area contributed by atoms with E-state index in [4.69, 9.17) is 13.9 Å². The summed E-state index contributed by atoms with van der Waals surface area (Å²) in [7, 11) is 3.27. The third-order valence-electron chi connectivity index (χ3n) is 3.81. The Morgan fingerprint density at radius 3 is 2.71 bits per heavy atom.